The summed E-state index contributed by atoms with van der Waals surface area (Å²) < 4.78 is 5.08. The van der Waals surface area contributed by atoms with Crippen LogP contribution in [0, 0.1) is 16.7 Å². The second-order valence-corrected chi connectivity index (χ2v) is 3.98. The van der Waals surface area contributed by atoms with Crippen LogP contribution in [-0.2, 0) is 9.53 Å². The summed E-state index contributed by atoms with van der Waals surface area (Å²) in [6.45, 7) is 3.40. The molecule has 0 aromatic heterocycles. The number of esters is 1. The zero-order valence-corrected chi connectivity index (χ0v) is 8.17. The van der Waals surface area contributed by atoms with Gasteiger partial charge >= 0.3 is 5.97 Å². The van der Waals surface area contributed by atoms with Crippen molar-refractivity contribution in [2.45, 2.75) is 45.6 Å². The second-order valence-electron chi connectivity index (χ2n) is 3.98. The van der Waals surface area contributed by atoms with Gasteiger partial charge in [0.2, 0.25) is 0 Å². The van der Waals surface area contributed by atoms with Crippen LogP contribution in [0.5, 0.6) is 0 Å². The minimum absolute atomic E-state index is 0.0407. The van der Waals surface area contributed by atoms with Crippen LogP contribution in [0.1, 0.15) is 39.5 Å². The van der Waals surface area contributed by atoms with Crippen LogP contribution < -0.4 is 0 Å². The van der Waals surface area contributed by atoms with Gasteiger partial charge in [0.05, 0.1) is 11.5 Å². The average molecular weight is 181 g/mol. The van der Waals surface area contributed by atoms with Gasteiger partial charge in [-0.05, 0) is 32.6 Å². The second kappa shape index (κ2) is 3.78. The van der Waals surface area contributed by atoms with Gasteiger partial charge in [0.25, 0.3) is 0 Å². The van der Waals surface area contributed by atoms with Crippen LogP contribution in [0.15, 0.2) is 0 Å². The lowest BCUT2D eigenvalue weighted by molar-refractivity contribution is -0.148. The summed E-state index contributed by atoms with van der Waals surface area (Å²) in [7, 11) is 0. The minimum Gasteiger partial charge on any atom is -0.463 e. The van der Waals surface area contributed by atoms with Crippen LogP contribution >= 0.6 is 0 Å². The average Bonchev–Trinajstić information content (AvgIpc) is 2.09. The molecule has 13 heavy (non-hydrogen) atoms. The third-order valence-electron chi connectivity index (χ3n) is 2.64. The van der Waals surface area contributed by atoms with E-state index in [9.17, 15) is 4.79 Å². The van der Waals surface area contributed by atoms with E-state index in [4.69, 9.17) is 10.00 Å². The Kier molecular flexibility index (Phi) is 2.92. The number of rotatable bonds is 1. The van der Waals surface area contributed by atoms with E-state index in [0.717, 1.165) is 25.7 Å². The molecule has 72 valence electrons. The molecule has 0 amide bonds. The lowest BCUT2D eigenvalue weighted by Crippen LogP contribution is -2.28. The van der Waals surface area contributed by atoms with Gasteiger partial charge in [-0.15, -0.1) is 0 Å². The number of hydrogen-bond donors (Lipinski definition) is 0. The molecule has 1 saturated carbocycles. The predicted molar refractivity (Wildman–Crippen MR) is 47.7 cm³/mol. The van der Waals surface area contributed by atoms with E-state index in [1.807, 2.05) is 6.92 Å². The molecule has 0 aromatic rings. The fraction of sp³-hybridized carbons (Fsp3) is 0.800. The Morgan fingerprint density at radius 2 is 2.08 bits per heavy atom. The summed E-state index contributed by atoms with van der Waals surface area (Å²) >= 11 is 0. The molecule has 1 fully saturated rings. The molecule has 0 atom stereocenters. The highest BCUT2D eigenvalue weighted by atomic mass is 16.5. The van der Waals surface area contributed by atoms with E-state index >= 15 is 0 Å². The molecule has 0 heterocycles. The van der Waals surface area contributed by atoms with Gasteiger partial charge in [0, 0.05) is 6.92 Å². The van der Waals surface area contributed by atoms with Gasteiger partial charge in [-0.2, -0.15) is 5.26 Å². The van der Waals surface area contributed by atoms with Gasteiger partial charge in [-0.25, -0.2) is 0 Å². The van der Waals surface area contributed by atoms with Crippen LogP contribution in [-0.4, -0.2) is 12.1 Å². The number of carbonyl (C=O) groups excluding carboxylic acids is 1. The lowest BCUT2D eigenvalue weighted by Gasteiger charge is -2.31. The third kappa shape index (κ3) is 2.73. The summed E-state index contributed by atoms with van der Waals surface area (Å²) in [4.78, 5) is 10.7. The van der Waals surface area contributed by atoms with Crippen molar-refractivity contribution in [1.29, 1.82) is 5.26 Å². The van der Waals surface area contributed by atoms with Crippen molar-refractivity contribution in [2.75, 3.05) is 0 Å². The Hall–Kier alpha value is -1.04. The molecule has 0 aliphatic heterocycles. The normalized spacial score (nSPS) is 33.5. The first-order valence-electron chi connectivity index (χ1n) is 4.64. The molecule has 1 aliphatic rings. The van der Waals surface area contributed by atoms with Crippen molar-refractivity contribution in [3.8, 4) is 6.07 Å². The van der Waals surface area contributed by atoms with Crippen molar-refractivity contribution in [1.82, 2.24) is 0 Å². The van der Waals surface area contributed by atoms with Gasteiger partial charge in [-0.3, -0.25) is 4.79 Å². The zero-order chi connectivity index (χ0) is 9.90. The molecular weight excluding hydrogens is 166 g/mol. The monoisotopic (exact) mass is 181 g/mol. The zero-order valence-electron chi connectivity index (χ0n) is 8.17. The summed E-state index contributed by atoms with van der Waals surface area (Å²) in [5, 5.41) is 8.86. The van der Waals surface area contributed by atoms with Gasteiger partial charge < -0.3 is 4.74 Å². The number of ether oxygens (including phenoxy) is 1. The van der Waals surface area contributed by atoms with Crippen molar-refractivity contribution < 1.29 is 9.53 Å². The molecule has 0 aromatic carbocycles. The van der Waals surface area contributed by atoms with Gasteiger partial charge in [0.1, 0.15) is 6.10 Å². The van der Waals surface area contributed by atoms with Gasteiger partial charge in [0.15, 0.2) is 0 Å². The van der Waals surface area contributed by atoms with E-state index in [1.54, 1.807) is 0 Å². The van der Waals surface area contributed by atoms with E-state index in [2.05, 4.69) is 6.07 Å². The maximum Gasteiger partial charge on any atom is 0.302 e. The highest BCUT2D eigenvalue weighted by Crippen LogP contribution is 2.36. The number of carbonyl (C=O) groups is 1. The number of nitrogens with zero attached hydrogens (tertiary/aromatic N) is 1. The Labute approximate surface area is 78.7 Å². The maximum atomic E-state index is 10.7. The molecule has 0 spiro atoms. The number of nitriles is 1. The Morgan fingerprint density at radius 1 is 1.54 bits per heavy atom. The molecule has 0 saturated heterocycles. The van der Waals surface area contributed by atoms with E-state index in [0.29, 0.717) is 0 Å². The number of hydrogen-bond acceptors (Lipinski definition) is 3. The SMILES string of the molecule is CC(=O)OC1CCC(C)(C#N)CC1. The molecular formula is C10H15NO2. The largest absolute Gasteiger partial charge is 0.463 e. The van der Waals surface area contributed by atoms with E-state index in [-0.39, 0.29) is 17.5 Å². The minimum atomic E-state index is -0.217. The molecule has 0 bridgehead atoms. The molecule has 0 radical (unpaired) electrons. The first-order chi connectivity index (χ1) is 6.06. The van der Waals surface area contributed by atoms with Crippen LogP contribution in [0.25, 0.3) is 0 Å². The Bertz CT molecular complexity index is 234. The third-order valence-corrected chi connectivity index (χ3v) is 2.64. The van der Waals surface area contributed by atoms with Crippen LogP contribution in [0.4, 0.5) is 0 Å². The summed E-state index contributed by atoms with van der Waals surface area (Å²) in [6, 6.07) is 2.31. The molecule has 0 N–H and O–H groups in total. The maximum absolute atomic E-state index is 10.7. The smallest absolute Gasteiger partial charge is 0.302 e. The van der Waals surface area contributed by atoms with E-state index in [1.165, 1.54) is 6.92 Å². The molecule has 3 nitrogen and oxygen atoms in total. The predicted octanol–water partition coefficient (Wildman–Crippen LogP) is 2.02. The standard InChI is InChI=1S/C10H15NO2/c1-8(12)13-9-3-5-10(2,7-11)6-4-9/h9H,3-6H2,1-2H3. The molecule has 3 heteroatoms. The summed E-state index contributed by atoms with van der Waals surface area (Å²) in [5.41, 5.74) is -0.198. The fourth-order valence-electron chi connectivity index (χ4n) is 1.69. The van der Waals surface area contributed by atoms with Crippen molar-refractivity contribution in [2.24, 2.45) is 5.41 Å². The molecule has 0 unspecified atom stereocenters. The molecule has 1 aliphatic carbocycles. The van der Waals surface area contributed by atoms with Crippen molar-refractivity contribution in [3.05, 3.63) is 0 Å². The first kappa shape index (κ1) is 10.0. The van der Waals surface area contributed by atoms with Crippen LogP contribution in [0.3, 0.4) is 0 Å². The van der Waals surface area contributed by atoms with Crippen molar-refractivity contribution >= 4 is 5.97 Å². The molecule has 1 rings (SSSR count). The summed E-state index contributed by atoms with van der Waals surface area (Å²) in [5.74, 6) is -0.217. The highest BCUT2D eigenvalue weighted by Gasteiger charge is 2.32. The fourth-order valence-corrected chi connectivity index (χ4v) is 1.69. The van der Waals surface area contributed by atoms with E-state index < -0.39 is 0 Å². The topological polar surface area (TPSA) is 50.1 Å². The van der Waals surface area contributed by atoms with Crippen molar-refractivity contribution in [3.63, 3.8) is 0 Å². The Balaban J connectivity index is 2.40. The van der Waals surface area contributed by atoms with Crippen LogP contribution in [0.2, 0.25) is 0 Å². The quantitative estimate of drug-likeness (QED) is 0.581. The highest BCUT2D eigenvalue weighted by molar-refractivity contribution is 5.66. The lowest BCUT2D eigenvalue weighted by atomic mass is 9.76. The Morgan fingerprint density at radius 3 is 2.46 bits per heavy atom. The van der Waals surface area contributed by atoms with Gasteiger partial charge in [-0.1, -0.05) is 0 Å². The first-order valence-corrected chi connectivity index (χ1v) is 4.64. The summed E-state index contributed by atoms with van der Waals surface area (Å²) in [6.07, 6.45) is 3.36.